The minimum Gasteiger partial charge on any atom is -0.545 e. The molecule has 0 amide bonds. The van der Waals surface area contributed by atoms with Crippen molar-refractivity contribution in [1.29, 1.82) is 0 Å². The van der Waals surface area contributed by atoms with E-state index in [9.17, 15) is 9.90 Å². The van der Waals surface area contributed by atoms with Crippen molar-refractivity contribution < 1.29 is 33.9 Å². The number of hydrogen-bond acceptors (Lipinski definition) is 4. The summed E-state index contributed by atoms with van der Waals surface area (Å²) >= 11 is 0. The summed E-state index contributed by atoms with van der Waals surface area (Å²) in [5, 5.41) is 19.1. The van der Waals surface area contributed by atoms with Gasteiger partial charge in [-0.3, -0.25) is 0 Å². The third-order valence-corrected chi connectivity index (χ3v) is 1.27. The van der Waals surface area contributed by atoms with Crippen LogP contribution < -0.4 is 29.7 Å². The van der Waals surface area contributed by atoms with E-state index in [2.05, 4.69) is 0 Å². The fourth-order valence-corrected chi connectivity index (χ4v) is 0.671. The van der Waals surface area contributed by atoms with Gasteiger partial charge in [0.05, 0.1) is 11.7 Å². The molecule has 0 aliphatic carbocycles. The van der Waals surface area contributed by atoms with Crippen LogP contribution in [0.15, 0.2) is 18.2 Å². The molecular weight excluding hydrogens is 153 g/mol. The molecule has 0 unspecified atom stereocenters. The van der Waals surface area contributed by atoms with Gasteiger partial charge in [-0.15, -0.1) is 0 Å². The summed E-state index contributed by atoms with van der Waals surface area (Å²) in [4.78, 5) is 10.2. The van der Waals surface area contributed by atoms with Gasteiger partial charge in [0, 0.05) is 5.56 Å². The maximum Gasteiger partial charge on any atom is 1.00 e. The Bertz CT molecular complexity index is 301. The summed E-state index contributed by atoms with van der Waals surface area (Å²) in [7, 11) is 0. The Hall–Kier alpha value is -1.11. The second-order valence-electron chi connectivity index (χ2n) is 2.06. The van der Waals surface area contributed by atoms with Gasteiger partial charge in [0.25, 0.3) is 0 Å². The number of benzene rings is 1. The fourth-order valence-electron chi connectivity index (χ4n) is 0.671. The monoisotopic (exact) mass is 159 g/mol. The van der Waals surface area contributed by atoms with Crippen LogP contribution in [-0.4, -0.2) is 11.1 Å². The smallest absolute Gasteiger partial charge is 0.545 e. The van der Waals surface area contributed by atoms with Gasteiger partial charge < -0.3 is 20.7 Å². The Morgan fingerprint density at radius 1 is 1.50 bits per heavy atom. The molecule has 0 fully saturated rings. The van der Waals surface area contributed by atoms with Gasteiger partial charge in [0.15, 0.2) is 0 Å². The summed E-state index contributed by atoms with van der Waals surface area (Å²) < 4.78 is 0. The molecule has 0 spiro atoms. The van der Waals surface area contributed by atoms with Crippen LogP contribution in [0.4, 0.5) is 5.69 Å². The Balaban J connectivity index is 0.00000121. The number of nitrogen functional groups attached to an aromatic ring is 1. The first-order valence-corrected chi connectivity index (χ1v) is 2.91. The molecule has 4 nitrogen and oxygen atoms in total. The first kappa shape index (κ1) is 10.9. The van der Waals surface area contributed by atoms with Crippen LogP contribution in [0, 0.1) is 0 Å². The molecule has 1 rings (SSSR count). The molecular formula is C7H6LiNO3. The first-order chi connectivity index (χ1) is 5.11. The normalized spacial score (nSPS) is 8.67. The minimum atomic E-state index is -1.33. The van der Waals surface area contributed by atoms with E-state index in [0.717, 1.165) is 6.07 Å². The Morgan fingerprint density at radius 2 is 2.08 bits per heavy atom. The number of nitrogens with two attached hydrogens (primary N) is 1. The minimum absolute atomic E-state index is 0. The summed E-state index contributed by atoms with van der Waals surface area (Å²) in [6, 6.07) is 3.62. The number of carboxylic acid groups (broad SMARTS) is 1. The standard InChI is InChI=1S/C7H7NO3.Li/c8-5-2-1-4(7(10)11)3-6(5)9;/h1-3,9H,8H2,(H,10,11);/q;+1/p-1. The van der Waals surface area contributed by atoms with Crippen molar-refractivity contribution in [2.75, 3.05) is 5.73 Å². The van der Waals surface area contributed by atoms with Crippen LogP contribution in [0.3, 0.4) is 0 Å². The third kappa shape index (κ3) is 2.19. The van der Waals surface area contributed by atoms with Gasteiger partial charge in [-0.1, -0.05) is 6.07 Å². The topological polar surface area (TPSA) is 86.4 Å². The van der Waals surface area contributed by atoms with Crippen LogP contribution in [0.25, 0.3) is 0 Å². The van der Waals surface area contributed by atoms with Crippen molar-refractivity contribution in [3.05, 3.63) is 23.8 Å². The molecule has 0 saturated heterocycles. The number of aromatic carboxylic acids is 1. The first-order valence-electron chi connectivity index (χ1n) is 2.91. The van der Waals surface area contributed by atoms with E-state index < -0.39 is 5.97 Å². The van der Waals surface area contributed by atoms with Crippen molar-refractivity contribution in [1.82, 2.24) is 0 Å². The zero-order chi connectivity index (χ0) is 8.43. The number of anilines is 1. The number of phenolic OH excluding ortho intramolecular Hbond substituents is 1. The quantitative estimate of drug-likeness (QED) is 0.251. The maximum atomic E-state index is 10.2. The molecule has 0 saturated carbocycles. The Kier molecular flexibility index (Phi) is 3.67. The van der Waals surface area contributed by atoms with Crippen LogP contribution in [0.1, 0.15) is 10.4 Å². The molecule has 0 radical (unpaired) electrons. The van der Waals surface area contributed by atoms with E-state index in [1.807, 2.05) is 0 Å². The summed E-state index contributed by atoms with van der Waals surface area (Å²) in [5.41, 5.74) is 5.29. The van der Waals surface area contributed by atoms with Crippen LogP contribution in [0.5, 0.6) is 5.75 Å². The van der Waals surface area contributed by atoms with Crippen molar-refractivity contribution >= 4 is 11.7 Å². The Labute approximate surface area is 81.2 Å². The molecule has 0 aromatic heterocycles. The summed E-state index contributed by atoms with van der Waals surface area (Å²) in [6.07, 6.45) is 0. The number of rotatable bonds is 1. The molecule has 0 aliphatic heterocycles. The SMILES string of the molecule is Nc1ccc(C(=O)[O-])cc1O.[Li+]. The molecule has 0 aliphatic rings. The second-order valence-corrected chi connectivity index (χ2v) is 2.06. The largest absolute Gasteiger partial charge is 1.00 e. The van der Waals surface area contributed by atoms with E-state index in [1.165, 1.54) is 12.1 Å². The fraction of sp³-hybridized carbons (Fsp3) is 0. The zero-order valence-electron chi connectivity index (χ0n) is 6.57. The van der Waals surface area contributed by atoms with Gasteiger partial charge in [-0.05, 0) is 12.1 Å². The van der Waals surface area contributed by atoms with Crippen molar-refractivity contribution in [2.45, 2.75) is 0 Å². The molecule has 5 heteroatoms. The zero-order valence-corrected chi connectivity index (χ0v) is 6.57. The van der Waals surface area contributed by atoms with Gasteiger partial charge in [0.2, 0.25) is 0 Å². The summed E-state index contributed by atoms with van der Waals surface area (Å²) in [5.74, 6) is -1.58. The number of phenols is 1. The van der Waals surface area contributed by atoms with Gasteiger partial charge in [-0.2, -0.15) is 0 Å². The number of carbonyl (C=O) groups excluding carboxylic acids is 1. The molecule has 1 aromatic carbocycles. The van der Waals surface area contributed by atoms with Crippen LogP contribution in [-0.2, 0) is 0 Å². The Morgan fingerprint density at radius 3 is 2.50 bits per heavy atom. The molecule has 12 heavy (non-hydrogen) atoms. The molecule has 3 N–H and O–H groups in total. The predicted octanol–water partition coefficient (Wildman–Crippen LogP) is -3.66. The summed E-state index contributed by atoms with van der Waals surface area (Å²) in [6.45, 7) is 0. The van der Waals surface area contributed by atoms with Crippen LogP contribution >= 0.6 is 0 Å². The van der Waals surface area contributed by atoms with Crippen molar-refractivity contribution in [2.24, 2.45) is 0 Å². The van der Waals surface area contributed by atoms with E-state index in [4.69, 9.17) is 10.8 Å². The predicted molar refractivity (Wildman–Crippen MR) is 36.8 cm³/mol. The van der Waals surface area contributed by atoms with E-state index in [-0.39, 0.29) is 35.9 Å². The second kappa shape index (κ2) is 4.05. The maximum absolute atomic E-state index is 10.2. The number of hydrogen-bond donors (Lipinski definition) is 2. The third-order valence-electron chi connectivity index (χ3n) is 1.27. The van der Waals surface area contributed by atoms with E-state index in [0.29, 0.717) is 0 Å². The average molecular weight is 159 g/mol. The average Bonchev–Trinajstić information content (AvgIpc) is 1.94. The van der Waals surface area contributed by atoms with Gasteiger partial charge in [0.1, 0.15) is 5.75 Å². The van der Waals surface area contributed by atoms with E-state index >= 15 is 0 Å². The molecule has 0 bridgehead atoms. The number of carboxylic acids is 1. The molecule has 58 valence electrons. The van der Waals surface area contributed by atoms with E-state index in [1.54, 1.807) is 0 Å². The molecule has 0 heterocycles. The van der Waals surface area contributed by atoms with Crippen molar-refractivity contribution in [3.63, 3.8) is 0 Å². The molecule has 0 atom stereocenters. The van der Waals surface area contributed by atoms with Crippen molar-refractivity contribution in [3.8, 4) is 5.75 Å². The molecule has 1 aromatic rings. The van der Waals surface area contributed by atoms with Crippen LogP contribution in [0.2, 0.25) is 0 Å². The van der Waals surface area contributed by atoms with Gasteiger partial charge >= 0.3 is 18.9 Å². The van der Waals surface area contributed by atoms with Gasteiger partial charge in [-0.25, -0.2) is 0 Å². The number of carbonyl (C=O) groups is 1. The number of aromatic hydroxyl groups is 1.